The summed E-state index contributed by atoms with van der Waals surface area (Å²) in [5.74, 6) is 0.660. The number of rotatable bonds is 8. The van der Waals surface area contributed by atoms with E-state index in [9.17, 15) is 9.59 Å². The number of ether oxygens (including phenoxy) is 1. The largest absolute Gasteiger partial charge is 0.481 e. The fourth-order valence-corrected chi connectivity index (χ4v) is 5.43. The molecule has 0 spiro atoms. The second-order valence-electron chi connectivity index (χ2n) is 9.37. The van der Waals surface area contributed by atoms with Crippen molar-refractivity contribution in [2.45, 2.75) is 58.5 Å². The van der Waals surface area contributed by atoms with Crippen LogP contribution in [0.3, 0.4) is 0 Å². The Morgan fingerprint density at radius 1 is 1.30 bits per heavy atom. The van der Waals surface area contributed by atoms with Crippen LogP contribution in [-0.4, -0.2) is 39.5 Å². The van der Waals surface area contributed by atoms with Crippen LogP contribution in [0.5, 0.6) is 0 Å². The fourth-order valence-electron chi connectivity index (χ4n) is 5.43. The Morgan fingerprint density at radius 3 is 2.80 bits per heavy atom. The van der Waals surface area contributed by atoms with E-state index in [1.807, 2.05) is 12.1 Å². The number of fused-ring (bicyclic) bond motifs is 3. The first-order chi connectivity index (χ1) is 14.4. The Kier molecular flexibility index (Phi) is 6.09. The van der Waals surface area contributed by atoms with Gasteiger partial charge in [-0.2, -0.15) is 0 Å². The van der Waals surface area contributed by atoms with Gasteiger partial charge < -0.3 is 15.2 Å². The van der Waals surface area contributed by atoms with Gasteiger partial charge in [-0.1, -0.05) is 32.3 Å². The SMILES string of the molecule is CC1(CNC(=O)c2cccc3nc(COCCC(=O)O)cn23)CC2CCCC(C2)C1. The van der Waals surface area contributed by atoms with Gasteiger partial charge in [-0.15, -0.1) is 0 Å². The third-order valence-corrected chi connectivity index (χ3v) is 6.61. The third kappa shape index (κ3) is 4.83. The molecule has 0 aromatic carbocycles. The molecule has 162 valence electrons. The predicted molar refractivity (Wildman–Crippen MR) is 112 cm³/mol. The van der Waals surface area contributed by atoms with Gasteiger partial charge in [0.2, 0.25) is 0 Å². The zero-order valence-corrected chi connectivity index (χ0v) is 17.6. The highest BCUT2D eigenvalue weighted by molar-refractivity contribution is 5.93. The van der Waals surface area contributed by atoms with Crippen molar-refractivity contribution in [1.82, 2.24) is 14.7 Å². The molecule has 2 saturated carbocycles. The van der Waals surface area contributed by atoms with Gasteiger partial charge in [0.05, 0.1) is 25.3 Å². The van der Waals surface area contributed by atoms with Crippen LogP contribution >= 0.6 is 0 Å². The Bertz CT molecular complexity index is 910. The van der Waals surface area contributed by atoms with E-state index in [-0.39, 0.29) is 31.0 Å². The number of nitrogens with zero attached hydrogens (tertiary/aromatic N) is 2. The van der Waals surface area contributed by atoms with E-state index in [2.05, 4.69) is 17.2 Å². The van der Waals surface area contributed by atoms with E-state index in [0.717, 1.165) is 11.8 Å². The number of carbonyl (C=O) groups excluding carboxylic acids is 1. The number of hydrogen-bond donors (Lipinski definition) is 2. The van der Waals surface area contributed by atoms with Gasteiger partial charge in [0.1, 0.15) is 11.3 Å². The maximum Gasteiger partial charge on any atom is 0.305 e. The minimum Gasteiger partial charge on any atom is -0.481 e. The second kappa shape index (κ2) is 8.76. The van der Waals surface area contributed by atoms with E-state index >= 15 is 0 Å². The van der Waals surface area contributed by atoms with Crippen molar-refractivity contribution < 1.29 is 19.4 Å². The molecule has 7 heteroatoms. The van der Waals surface area contributed by atoms with Gasteiger partial charge in [-0.25, -0.2) is 4.98 Å². The van der Waals surface area contributed by atoms with Crippen molar-refractivity contribution >= 4 is 17.5 Å². The summed E-state index contributed by atoms with van der Waals surface area (Å²) in [4.78, 5) is 28.0. The number of carbonyl (C=O) groups is 2. The van der Waals surface area contributed by atoms with Gasteiger partial charge in [0, 0.05) is 12.7 Å². The van der Waals surface area contributed by atoms with Crippen molar-refractivity contribution in [1.29, 1.82) is 0 Å². The van der Waals surface area contributed by atoms with Crippen LogP contribution in [0.1, 0.15) is 68.1 Å². The van der Waals surface area contributed by atoms with Gasteiger partial charge >= 0.3 is 5.97 Å². The van der Waals surface area contributed by atoms with Gasteiger partial charge in [-0.3, -0.25) is 14.0 Å². The van der Waals surface area contributed by atoms with Gasteiger partial charge in [0.15, 0.2) is 0 Å². The van der Waals surface area contributed by atoms with Gasteiger partial charge in [0.25, 0.3) is 5.91 Å². The molecule has 2 aromatic heterocycles. The molecule has 0 aliphatic heterocycles. The number of nitrogens with one attached hydrogen (secondary N) is 1. The van der Waals surface area contributed by atoms with E-state index < -0.39 is 5.97 Å². The molecule has 2 fully saturated rings. The lowest BCUT2D eigenvalue weighted by atomic mass is 9.61. The van der Waals surface area contributed by atoms with Crippen LogP contribution in [0, 0.1) is 17.3 Å². The summed E-state index contributed by atoms with van der Waals surface area (Å²) in [7, 11) is 0. The average molecular weight is 414 g/mol. The maximum atomic E-state index is 13.0. The number of pyridine rings is 1. The summed E-state index contributed by atoms with van der Waals surface area (Å²) in [5.41, 5.74) is 2.08. The first-order valence-corrected chi connectivity index (χ1v) is 11.0. The second-order valence-corrected chi connectivity index (χ2v) is 9.37. The highest BCUT2D eigenvalue weighted by Gasteiger charge is 2.39. The lowest BCUT2D eigenvalue weighted by Crippen LogP contribution is -2.42. The minimum absolute atomic E-state index is 0.0402. The topological polar surface area (TPSA) is 92.9 Å². The lowest BCUT2D eigenvalue weighted by Gasteiger charge is -2.45. The summed E-state index contributed by atoms with van der Waals surface area (Å²) in [5, 5.41) is 11.9. The molecule has 2 aliphatic carbocycles. The number of carboxylic acids is 1. The molecular weight excluding hydrogens is 382 g/mol. The van der Waals surface area contributed by atoms with Gasteiger partial charge in [-0.05, 0) is 48.6 Å². The molecule has 7 nitrogen and oxygen atoms in total. The van der Waals surface area contributed by atoms with Crippen LogP contribution in [-0.2, 0) is 16.1 Å². The number of aromatic nitrogens is 2. The van der Waals surface area contributed by atoms with E-state index in [4.69, 9.17) is 9.84 Å². The van der Waals surface area contributed by atoms with E-state index in [1.165, 1.54) is 38.5 Å². The summed E-state index contributed by atoms with van der Waals surface area (Å²) in [6, 6.07) is 5.48. The monoisotopic (exact) mass is 413 g/mol. The Hall–Kier alpha value is -2.41. The minimum atomic E-state index is -0.890. The smallest absolute Gasteiger partial charge is 0.305 e. The molecule has 2 unspecified atom stereocenters. The summed E-state index contributed by atoms with van der Waals surface area (Å²) in [6.45, 7) is 3.38. The number of carboxylic acid groups (broad SMARTS) is 1. The molecule has 0 saturated heterocycles. The molecule has 2 bridgehead atoms. The first-order valence-electron chi connectivity index (χ1n) is 11.0. The molecule has 30 heavy (non-hydrogen) atoms. The third-order valence-electron chi connectivity index (χ3n) is 6.61. The van der Waals surface area contributed by atoms with Crippen LogP contribution in [0.15, 0.2) is 24.4 Å². The normalized spacial score (nSPS) is 25.9. The number of amides is 1. The van der Waals surface area contributed by atoms with Crippen LogP contribution in [0.25, 0.3) is 5.65 Å². The Morgan fingerprint density at radius 2 is 2.07 bits per heavy atom. The molecule has 2 aromatic rings. The zero-order valence-electron chi connectivity index (χ0n) is 17.6. The average Bonchev–Trinajstić information content (AvgIpc) is 3.12. The Labute approximate surface area is 176 Å². The maximum absolute atomic E-state index is 13.0. The fraction of sp³-hybridized carbons (Fsp3) is 0.609. The number of aliphatic carboxylic acids is 1. The first kappa shape index (κ1) is 20.8. The van der Waals surface area contributed by atoms with Crippen LogP contribution in [0.4, 0.5) is 0 Å². The predicted octanol–water partition coefficient (Wildman–Crippen LogP) is 3.66. The van der Waals surface area contributed by atoms with E-state index in [1.54, 1.807) is 16.7 Å². The molecular formula is C23H31N3O4. The number of hydrogen-bond acceptors (Lipinski definition) is 4. The zero-order chi connectivity index (χ0) is 21.1. The molecule has 2 aliphatic rings. The summed E-state index contributed by atoms with van der Waals surface area (Å²) in [6.07, 6.45) is 9.57. The lowest BCUT2D eigenvalue weighted by molar-refractivity contribution is -0.138. The molecule has 4 rings (SSSR count). The molecule has 2 heterocycles. The van der Waals surface area contributed by atoms with Crippen LogP contribution in [0.2, 0.25) is 0 Å². The molecule has 2 atom stereocenters. The van der Waals surface area contributed by atoms with Crippen molar-refractivity contribution in [3.63, 3.8) is 0 Å². The number of imidazole rings is 1. The van der Waals surface area contributed by atoms with Crippen LogP contribution < -0.4 is 5.32 Å². The Balaban J connectivity index is 1.39. The van der Waals surface area contributed by atoms with Crippen molar-refractivity contribution in [2.75, 3.05) is 13.2 Å². The summed E-state index contributed by atoms with van der Waals surface area (Å²) >= 11 is 0. The summed E-state index contributed by atoms with van der Waals surface area (Å²) < 4.78 is 7.16. The van der Waals surface area contributed by atoms with E-state index in [0.29, 0.717) is 23.6 Å². The quantitative estimate of drug-likeness (QED) is 0.644. The van der Waals surface area contributed by atoms with Crippen molar-refractivity contribution in [3.8, 4) is 0 Å². The standard InChI is InChI=1S/C23H31N3O4/c1-23(11-16-4-2-5-17(10-16)12-23)15-24-22(29)19-6-3-7-20-25-18(13-26(19)20)14-30-9-8-21(27)28/h3,6-7,13,16-17H,2,4-5,8-12,14-15H2,1H3,(H,24,29)(H,27,28). The highest BCUT2D eigenvalue weighted by Crippen LogP contribution is 2.48. The highest BCUT2D eigenvalue weighted by atomic mass is 16.5. The van der Waals surface area contributed by atoms with Crippen molar-refractivity contribution in [2.24, 2.45) is 17.3 Å². The molecule has 1 amide bonds. The van der Waals surface area contributed by atoms with Crippen molar-refractivity contribution in [3.05, 3.63) is 35.8 Å². The molecule has 0 radical (unpaired) electrons. The molecule has 2 N–H and O–H groups in total.